The molecule has 0 N–H and O–H groups in total. The molecule has 0 aromatic heterocycles. The maximum atomic E-state index is 5.29. The first-order valence-electron chi connectivity index (χ1n) is 5.24. The number of rotatable bonds is 3. The smallest absolute Gasteiger partial charge is 0.142 e. The first kappa shape index (κ1) is 10.2. The van der Waals surface area contributed by atoms with E-state index in [9.17, 15) is 0 Å². The van der Waals surface area contributed by atoms with E-state index in [1.165, 1.54) is 0 Å². The number of ether oxygens (including phenoxy) is 1. The summed E-state index contributed by atoms with van der Waals surface area (Å²) in [6.07, 6.45) is 1.80. The first-order valence-corrected chi connectivity index (χ1v) is 5.24. The summed E-state index contributed by atoms with van der Waals surface area (Å²) in [6.45, 7) is 2.09. The van der Waals surface area contributed by atoms with Gasteiger partial charge in [0, 0.05) is 12.8 Å². The Morgan fingerprint density at radius 1 is 1.13 bits per heavy atom. The molecular weight excluding hydrogens is 190 g/mol. The maximum Gasteiger partial charge on any atom is 0.142 e. The lowest BCUT2D eigenvalue weighted by Gasteiger charge is -2.12. The second-order valence-electron chi connectivity index (χ2n) is 3.53. The lowest BCUT2D eigenvalue weighted by atomic mass is 10.2. The summed E-state index contributed by atoms with van der Waals surface area (Å²) in [6, 6.07) is 10.1. The van der Waals surface area contributed by atoms with Crippen molar-refractivity contribution >= 4 is 5.71 Å². The van der Waals surface area contributed by atoms with Gasteiger partial charge in [-0.1, -0.05) is 35.5 Å². The van der Waals surface area contributed by atoms with Gasteiger partial charge in [-0.15, -0.1) is 0 Å². The van der Waals surface area contributed by atoms with Crippen LogP contribution < -0.4 is 0 Å². The number of oxime groups is 1. The van der Waals surface area contributed by atoms with Crippen molar-refractivity contribution in [3.63, 3.8) is 0 Å². The highest BCUT2D eigenvalue weighted by Gasteiger charge is 2.06. The Morgan fingerprint density at radius 3 is 2.60 bits per heavy atom. The highest BCUT2D eigenvalue weighted by molar-refractivity contribution is 5.84. The molecule has 15 heavy (non-hydrogen) atoms. The third kappa shape index (κ3) is 3.36. The van der Waals surface area contributed by atoms with Crippen molar-refractivity contribution in [2.24, 2.45) is 5.16 Å². The van der Waals surface area contributed by atoms with Gasteiger partial charge in [-0.05, 0) is 5.56 Å². The molecule has 0 unspecified atom stereocenters. The average molecular weight is 205 g/mol. The van der Waals surface area contributed by atoms with Crippen LogP contribution in [-0.2, 0) is 16.2 Å². The lowest BCUT2D eigenvalue weighted by Crippen LogP contribution is -2.15. The molecule has 0 saturated carbocycles. The summed E-state index contributed by atoms with van der Waals surface area (Å²) in [5.41, 5.74) is 2.26. The van der Waals surface area contributed by atoms with Crippen LogP contribution >= 0.6 is 0 Å². The molecule has 1 aliphatic rings. The van der Waals surface area contributed by atoms with E-state index in [0.29, 0.717) is 6.61 Å². The number of hydrogen-bond donors (Lipinski definition) is 0. The molecule has 1 fully saturated rings. The van der Waals surface area contributed by atoms with E-state index < -0.39 is 0 Å². The highest BCUT2D eigenvalue weighted by atomic mass is 16.6. The molecule has 1 saturated heterocycles. The van der Waals surface area contributed by atoms with Gasteiger partial charge in [0.2, 0.25) is 0 Å². The zero-order valence-corrected chi connectivity index (χ0v) is 8.69. The predicted molar refractivity (Wildman–Crippen MR) is 58.7 cm³/mol. The van der Waals surface area contributed by atoms with Gasteiger partial charge in [0.25, 0.3) is 0 Å². The highest BCUT2D eigenvalue weighted by Crippen LogP contribution is 2.05. The van der Waals surface area contributed by atoms with Crippen LogP contribution in [0.5, 0.6) is 0 Å². The fourth-order valence-electron chi connectivity index (χ4n) is 1.47. The summed E-state index contributed by atoms with van der Waals surface area (Å²) >= 11 is 0. The molecular formula is C12H15NO2. The largest absolute Gasteiger partial charge is 0.391 e. The normalized spacial score (nSPS) is 16.1. The van der Waals surface area contributed by atoms with Gasteiger partial charge in [-0.2, -0.15) is 0 Å². The van der Waals surface area contributed by atoms with Crippen molar-refractivity contribution in [1.82, 2.24) is 0 Å². The number of hydrogen-bond acceptors (Lipinski definition) is 3. The SMILES string of the molecule is c1ccc(CON=C2CCOCC2)cc1. The van der Waals surface area contributed by atoms with Crippen LogP contribution in [0, 0.1) is 0 Å². The van der Waals surface area contributed by atoms with Crippen LogP contribution in [0.4, 0.5) is 0 Å². The summed E-state index contributed by atoms with van der Waals surface area (Å²) in [5.74, 6) is 0. The van der Waals surface area contributed by atoms with Gasteiger partial charge in [0.1, 0.15) is 6.61 Å². The van der Waals surface area contributed by atoms with Gasteiger partial charge in [0.15, 0.2) is 0 Å². The average Bonchev–Trinajstić information content (AvgIpc) is 2.32. The fraction of sp³-hybridized carbons (Fsp3) is 0.417. The minimum atomic E-state index is 0.547. The van der Waals surface area contributed by atoms with Crippen molar-refractivity contribution in [2.45, 2.75) is 19.4 Å². The Balaban J connectivity index is 1.78. The van der Waals surface area contributed by atoms with Crippen LogP contribution in [0.3, 0.4) is 0 Å². The molecule has 0 atom stereocenters. The predicted octanol–water partition coefficient (Wildman–Crippen LogP) is 2.37. The van der Waals surface area contributed by atoms with E-state index in [1.807, 2.05) is 30.3 Å². The zero-order chi connectivity index (χ0) is 10.3. The summed E-state index contributed by atoms with van der Waals surface area (Å²) < 4.78 is 5.23. The Labute approximate surface area is 89.7 Å². The molecule has 0 bridgehead atoms. The molecule has 0 aliphatic carbocycles. The quantitative estimate of drug-likeness (QED) is 0.709. The molecule has 1 aliphatic heterocycles. The van der Waals surface area contributed by atoms with Crippen LogP contribution in [0.25, 0.3) is 0 Å². The molecule has 3 heteroatoms. The number of benzene rings is 1. The standard InChI is InChI=1S/C12H15NO2/c1-2-4-11(5-3-1)10-15-13-12-6-8-14-9-7-12/h1-5H,6-10H2. The minimum Gasteiger partial charge on any atom is -0.391 e. The van der Waals surface area contributed by atoms with Gasteiger partial charge in [-0.3, -0.25) is 0 Å². The lowest BCUT2D eigenvalue weighted by molar-refractivity contribution is 0.112. The Bertz CT molecular complexity index is 314. The first-order chi connectivity index (χ1) is 7.45. The van der Waals surface area contributed by atoms with E-state index in [1.54, 1.807) is 0 Å². The third-order valence-electron chi connectivity index (χ3n) is 2.34. The van der Waals surface area contributed by atoms with E-state index >= 15 is 0 Å². The second kappa shape index (κ2) is 5.51. The maximum absolute atomic E-state index is 5.29. The zero-order valence-electron chi connectivity index (χ0n) is 8.69. The Morgan fingerprint density at radius 2 is 1.87 bits per heavy atom. The second-order valence-corrected chi connectivity index (χ2v) is 3.53. The van der Waals surface area contributed by atoms with E-state index in [2.05, 4.69) is 5.16 Å². The van der Waals surface area contributed by atoms with Crippen LogP contribution in [0.1, 0.15) is 18.4 Å². The third-order valence-corrected chi connectivity index (χ3v) is 2.34. The number of nitrogens with zero attached hydrogens (tertiary/aromatic N) is 1. The molecule has 80 valence electrons. The minimum absolute atomic E-state index is 0.547. The molecule has 0 amide bonds. The van der Waals surface area contributed by atoms with Crippen molar-refractivity contribution in [3.8, 4) is 0 Å². The van der Waals surface area contributed by atoms with Gasteiger partial charge < -0.3 is 9.57 Å². The van der Waals surface area contributed by atoms with Gasteiger partial charge in [-0.25, -0.2) is 0 Å². The van der Waals surface area contributed by atoms with E-state index in [4.69, 9.17) is 9.57 Å². The molecule has 1 aromatic rings. The van der Waals surface area contributed by atoms with Crippen molar-refractivity contribution in [1.29, 1.82) is 0 Å². The van der Waals surface area contributed by atoms with E-state index in [-0.39, 0.29) is 0 Å². The fourth-order valence-corrected chi connectivity index (χ4v) is 1.47. The molecule has 1 aromatic carbocycles. The summed E-state index contributed by atoms with van der Waals surface area (Å²) in [5, 5.41) is 4.12. The summed E-state index contributed by atoms with van der Waals surface area (Å²) in [4.78, 5) is 5.29. The van der Waals surface area contributed by atoms with Crippen LogP contribution in [-0.4, -0.2) is 18.9 Å². The molecule has 0 radical (unpaired) electrons. The van der Waals surface area contributed by atoms with Crippen LogP contribution in [0.2, 0.25) is 0 Å². The molecule has 3 nitrogen and oxygen atoms in total. The Hall–Kier alpha value is -1.35. The molecule has 0 spiro atoms. The monoisotopic (exact) mass is 205 g/mol. The molecule has 1 heterocycles. The summed E-state index contributed by atoms with van der Waals surface area (Å²) in [7, 11) is 0. The van der Waals surface area contributed by atoms with Gasteiger partial charge in [0.05, 0.1) is 18.9 Å². The molecule has 2 rings (SSSR count). The van der Waals surface area contributed by atoms with Crippen molar-refractivity contribution in [2.75, 3.05) is 13.2 Å². The van der Waals surface area contributed by atoms with Crippen LogP contribution in [0.15, 0.2) is 35.5 Å². The topological polar surface area (TPSA) is 30.8 Å². The Kier molecular flexibility index (Phi) is 3.74. The van der Waals surface area contributed by atoms with E-state index in [0.717, 1.165) is 37.3 Å². The van der Waals surface area contributed by atoms with Crippen molar-refractivity contribution < 1.29 is 9.57 Å². The van der Waals surface area contributed by atoms with Gasteiger partial charge >= 0.3 is 0 Å². The van der Waals surface area contributed by atoms with Crippen molar-refractivity contribution in [3.05, 3.63) is 35.9 Å².